The maximum absolute atomic E-state index is 12.7. The minimum absolute atomic E-state index is 0.0610. The van der Waals surface area contributed by atoms with Gasteiger partial charge in [-0.25, -0.2) is 0 Å². The molecule has 3 aromatic rings. The summed E-state index contributed by atoms with van der Waals surface area (Å²) in [6, 6.07) is 7.76. The van der Waals surface area contributed by atoms with Crippen LogP contribution in [0.2, 0.25) is 0 Å². The third-order valence-electron chi connectivity index (χ3n) is 5.52. The zero-order chi connectivity index (χ0) is 21.3. The number of fused-ring (bicyclic) bond motifs is 1. The maximum atomic E-state index is 12.7. The lowest BCUT2D eigenvalue weighted by molar-refractivity contribution is -0.132. The monoisotopic (exact) mass is 426 g/mol. The lowest BCUT2D eigenvalue weighted by Crippen LogP contribution is -2.52. The van der Waals surface area contributed by atoms with E-state index in [9.17, 15) is 9.59 Å². The SMILES string of the molecule is CC(=O)N1CCN(C(C)C)[C@H](c2nnc3ccc(C(=O)NCc4cccs4)cn23)C1. The van der Waals surface area contributed by atoms with Crippen LogP contribution in [0.3, 0.4) is 0 Å². The molecule has 0 saturated carbocycles. The highest BCUT2D eigenvalue weighted by Gasteiger charge is 2.34. The van der Waals surface area contributed by atoms with Gasteiger partial charge in [-0.2, -0.15) is 0 Å². The average molecular weight is 427 g/mol. The Morgan fingerprint density at radius 2 is 2.07 bits per heavy atom. The molecule has 158 valence electrons. The van der Waals surface area contributed by atoms with Crippen molar-refractivity contribution in [2.75, 3.05) is 19.6 Å². The molecule has 0 bridgehead atoms. The van der Waals surface area contributed by atoms with Crippen molar-refractivity contribution >= 4 is 28.8 Å². The largest absolute Gasteiger partial charge is 0.347 e. The molecule has 4 rings (SSSR count). The van der Waals surface area contributed by atoms with Crippen molar-refractivity contribution in [1.29, 1.82) is 0 Å². The summed E-state index contributed by atoms with van der Waals surface area (Å²) in [4.78, 5) is 29.9. The standard InChI is InChI=1S/C21H26N6O2S/c1-14(2)26-9-8-25(15(3)28)13-18(26)20-24-23-19-7-6-16(12-27(19)20)21(29)22-11-17-5-4-10-30-17/h4-7,10,12,14,18H,8-9,11,13H2,1-3H3,(H,22,29)/t18-/m0/s1. The van der Waals surface area contributed by atoms with E-state index in [-0.39, 0.29) is 17.9 Å². The molecule has 0 unspecified atom stereocenters. The molecule has 0 radical (unpaired) electrons. The third kappa shape index (κ3) is 4.08. The maximum Gasteiger partial charge on any atom is 0.253 e. The Bertz CT molecular complexity index is 1050. The van der Waals surface area contributed by atoms with E-state index in [4.69, 9.17) is 0 Å². The van der Waals surface area contributed by atoms with Crippen LogP contribution >= 0.6 is 11.3 Å². The summed E-state index contributed by atoms with van der Waals surface area (Å²) < 4.78 is 1.88. The van der Waals surface area contributed by atoms with Crippen molar-refractivity contribution in [2.24, 2.45) is 0 Å². The van der Waals surface area contributed by atoms with E-state index < -0.39 is 0 Å². The molecule has 0 aromatic carbocycles. The van der Waals surface area contributed by atoms with Gasteiger partial charge in [0.15, 0.2) is 11.5 Å². The second-order valence-corrected chi connectivity index (χ2v) is 8.81. The second kappa shape index (κ2) is 8.53. The molecule has 8 nitrogen and oxygen atoms in total. The van der Waals surface area contributed by atoms with E-state index in [1.54, 1.807) is 30.5 Å². The molecule has 3 aromatic heterocycles. The summed E-state index contributed by atoms with van der Waals surface area (Å²) in [6.45, 7) is 8.42. The van der Waals surface area contributed by atoms with Crippen molar-refractivity contribution in [3.63, 3.8) is 0 Å². The van der Waals surface area contributed by atoms with Gasteiger partial charge in [0.05, 0.1) is 18.2 Å². The Morgan fingerprint density at radius 3 is 2.77 bits per heavy atom. The number of carbonyl (C=O) groups is 2. The van der Waals surface area contributed by atoms with Crippen molar-refractivity contribution in [3.05, 3.63) is 52.1 Å². The minimum atomic E-state index is -0.139. The van der Waals surface area contributed by atoms with Gasteiger partial charge in [0.2, 0.25) is 5.91 Å². The van der Waals surface area contributed by atoms with Crippen LogP contribution in [0.15, 0.2) is 35.8 Å². The number of aromatic nitrogens is 3. The predicted molar refractivity (Wildman–Crippen MR) is 115 cm³/mol. The van der Waals surface area contributed by atoms with E-state index in [1.807, 2.05) is 32.9 Å². The van der Waals surface area contributed by atoms with Crippen LogP contribution < -0.4 is 5.32 Å². The van der Waals surface area contributed by atoms with Gasteiger partial charge >= 0.3 is 0 Å². The van der Waals surface area contributed by atoms with E-state index in [0.717, 1.165) is 17.2 Å². The Hall–Kier alpha value is -2.78. The average Bonchev–Trinajstić information content (AvgIpc) is 3.40. The molecule has 1 aliphatic rings. The van der Waals surface area contributed by atoms with Crippen LogP contribution in [-0.4, -0.2) is 61.9 Å². The molecule has 9 heteroatoms. The van der Waals surface area contributed by atoms with Crippen LogP contribution in [0.4, 0.5) is 0 Å². The van der Waals surface area contributed by atoms with Crippen LogP contribution in [0.1, 0.15) is 47.9 Å². The van der Waals surface area contributed by atoms with Crippen LogP contribution in [0.5, 0.6) is 0 Å². The Labute approximate surface area is 179 Å². The van der Waals surface area contributed by atoms with Gasteiger partial charge in [-0.05, 0) is 37.4 Å². The Balaban J connectivity index is 1.62. The molecule has 2 amide bonds. The first-order chi connectivity index (χ1) is 14.4. The summed E-state index contributed by atoms with van der Waals surface area (Å²) in [5.41, 5.74) is 1.24. The third-order valence-corrected chi connectivity index (χ3v) is 6.40. The van der Waals surface area contributed by atoms with Gasteiger partial charge in [-0.1, -0.05) is 6.07 Å². The first kappa shape index (κ1) is 20.5. The molecule has 1 N–H and O–H groups in total. The fourth-order valence-corrected chi connectivity index (χ4v) is 4.53. The number of hydrogen-bond acceptors (Lipinski definition) is 6. The van der Waals surface area contributed by atoms with E-state index in [0.29, 0.717) is 36.9 Å². The zero-order valence-corrected chi connectivity index (χ0v) is 18.2. The highest BCUT2D eigenvalue weighted by Crippen LogP contribution is 2.27. The Kier molecular flexibility index (Phi) is 5.83. The molecule has 30 heavy (non-hydrogen) atoms. The van der Waals surface area contributed by atoms with Crippen molar-refractivity contribution in [1.82, 2.24) is 29.7 Å². The fourth-order valence-electron chi connectivity index (χ4n) is 3.88. The fraction of sp³-hybridized carbons (Fsp3) is 0.429. The smallest absolute Gasteiger partial charge is 0.253 e. The van der Waals surface area contributed by atoms with E-state index in [2.05, 4.69) is 34.3 Å². The number of rotatable bonds is 5. The first-order valence-electron chi connectivity index (χ1n) is 10.1. The lowest BCUT2D eigenvalue weighted by Gasteiger charge is -2.42. The number of nitrogens with one attached hydrogen (secondary N) is 1. The van der Waals surface area contributed by atoms with Crippen LogP contribution in [0, 0.1) is 0 Å². The van der Waals surface area contributed by atoms with Crippen LogP contribution in [0.25, 0.3) is 5.65 Å². The molecule has 1 atom stereocenters. The number of amides is 2. The number of hydrogen-bond donors (Lipinski definition) is 1. The highest BCUT2D eigenvalue weighted by molar-refractivity contribution is 7.09. The molecule has 1 saturated heterocycles. The van der Waals surface area contributed by atoms with Gasteiger partial charge < -0.3 is 10.2 Å². The molecular weight excluding hydrogens is 400 g/mol. The molecule has 1 aliphatic heterocycles. The van der Waals surface area contributed by atoms with Gasteiger partial charge in [-0.15, -0.1) is 21.5 Å². The summed E-state index contributed by atoms with van der Waals surface area (Å²) in [5, 5.41) is 13.7. The molecule has 1 fully saturated rings. The number of pyridine rings is 1. The molecule has 0 aliphatic carbocycles. The van der Waals surface area contributed by atoms with Crippen molar-refractivity contribution < 1.29 is 9.59 Å². The zero-order valence-electron chi connectivity index (χ0n) is 17.4. The van der Waals surface area contributed by atoms with Gasteiger partial charge in [0.1, 0.15) is 0 Å². The molecule has 0 spiro atoms. The van der Waals surface area contributed by atoms with Gasteiger partial charge in [0.25, 0.3) is 5.91 Å². The lowest BCUT2D eigenvalue weighted by atomic mass is 10.1. The normalized spacial score (nSPS) is 17.6. The van der Waals surface area contributed by atoms with Crippen molar-refractivity contribution in [3.8, 4) is 0 Å². The van der Waals surface area contributed by atoms with Gasteiger partial charge in [-0.3, -0.25) is 18.9 Å². The highest BCUT2D eigenvalue weighted by atomic mass is 32.1. The number of nitrogens with zero attached hydrogens (tertiary/aromatic N) is 5. The van der Waals surface area contributed by atoms with Crippen LogP contribution in [-0.2, 0) is 11.3 Å². The van der Waals surface area contributed by atoms with E-state index >= 15 is 0 Å². The number of piperazine rings is 1. The van der Waals surface area contributed by atoms with Gasteiger partial charge in [0, 0.05) is 43.7 Å². The summed E-state index contributed by atoms with van der Waals surface area (Å²) in [6.07, 6.45) is 1.79. The number of carbonyl (C=O) groups excluding carboxylic acids is 2. The first-order valence-corrected chi connectivity index (χ1v) is 11.0. The summed E-state index contributed by atoms with van der Waals surface area (Å²) in [5.74, 6) is 0.670. The van der Waals surface area contributed by atoms with E-state index in [1.165, 1.54) is 0 Å². The molecular formula is C21H26N6O2S. The molecule has 4 heterocycles. The summed E-state index contributed by atoms with van der Waals surface area (Å²) in [7, 11) is 0. The second-order valence-electron chi connectivity index (χ2n) is 7.78. The summed E-state index contributed by atoms with van der Waals surface area (Å²) >= 11 is 1.61. The topological polar surface area (TPSA) is 82.8 Å². The Morgan fingerprint density at radius 1 is 1.23 bits per heavy atom. The predicted octanol–water partition coefficient (Wildman–Crippen LogP) is 2.33. The minimum Gasteiger partial charge on any atom is -0.347 e. The number of thiophene rings is 1. The quantitative estimate of drug-likeness (QED) is 0.677. The van der Waals surface area contributed by atoms with Crippen molar-refractivity contribution in [2.45, 2.75) is 39.4 Å².